The Labute approximate surface area is 120 Å². The smallest absolute Gasteiger partial charge is 0.326 e. The van der Waals surface area contributed by atoms with Crippen LogP contribution >= 0.6 is 11.8 Å². The fraction of sp³-hybridized carbons (Fsp3) is 0.818. The highest BCUT2D eigenvalue weighted by Crippen LogP contribution is 2.01. The molecule has 0 aromatic rings. The average molecular weight is 310 g/mol. The lowest BCUT2D eigenvalue weighted by atomic mass is 10.2. The van der Waals surface area contributed by atoms with Crippen LogP contribution < -0.4 is 10.6 Å². The Morgan fingerprint density at radius 1 is 1.32 bits per heavy atom. The van der Waals surface area contributed by atoms with Gasteiger partial charge in [-0.1, -0.05) is 0 Å². The molecule has 2 unspecified atom stereocenters. The molecule has 6 nitrogen and oxygen atoms in total. The van der Waals surface area contributed by atoms with Gasteiger partial charge in [0.15, 0.2) is 0 Å². The van der Waals surface area contributed by atoms with Gasteiger partial charge in [0.2, 0.25) is 0 Å². The summed E-state index contributed by atoms with van der Waals surface area (Å²) < 4.78 is 10.9. The van der Waals surface area contributed by atoms with Crippen molar-refractivity contribution in [3.8, 4) is 0 Å². The first-order valence-corrected chi connectivity index (χ1v) is 9.07. The number of carboxylic acids is 1. The van der Waals surface area contributed by atoms with Crippen molar-refractivity contribution in [3.63, 3.8) is 0 Å². The molecule has 3 atom stereocenters. The third kappa shape index (κ3) is 9.77. The van der Waals surface area contributed by atoms with E-state index in [1.165, 1.54) is 11.8 Å². The summed E-state index contributed by atoms with van der Waals surface area (Å²) in [5.74, 6) is 0.143. The molecule has 0 spiro atoms. The molecule has 0 aliphatic heterocycles. The summed E-state index contributed by atoms with van der Waals surface area (Å²) >= 11 is 1.53. The highest BCUT2D eigenvalue weighted by molar-refractivity contribution is 7.98. The van der Waals surface area contributed by atoms with Crippen molar-refractivity contribution in [2.45, 2.75) is 31.8 Å². The molecule has 0 rings (SSSR count). The maximum absolute atomic E-state index is 11.6. The van der Waals surface area contributed by atoms with Crippen LogP contribution in [-0.4, -0.2) is 57.4 Å². The predicted octanol–water partition coefficient (Wildman–Crippen LogP) is 0.649. The van der Waals surface area contributed by atoms with Crippen molar-refractivity contribution in [2.75, 3.05) is 24.0 Å². The minimum absolute atomic E-state index is 0.140. The first kappa shape index (κ1) is 18.2. The molecule has 0 aliphatic rings. The Morgan fingerprint density at radius 3 is 2.42 bits per heavy atom. The lowest BCUT2D eigenvalue weighted by Crippen LogP contribution is -2.48. The van der Waals surface area contributed by atoms with E-state index >= 15 is 0 Å². The fourth-order valence-electron chi connectivity index (χ4n) is 1.33. The summed E-state index contributed by atoms with van der Waals surface area (Å²) in [5.41, 5.74) is 0. The average Bonchev–Trinajstić information content (AvgIpc) is 2.31. The molecule has 2 amide bonds. The normalized spacial score (nSPS) is 15.3. The summed E-state index contributed by atoms with van der Waals surface area (Å²) in [7, 11) is -0.892. The van der Waals surface area contributed by atoms with Gasteiger partial charge in [-0.15, -0.1) is 0 Å². The van der Waals surface area contributed by atoms with Crippen LogP contribution in [0.25, 0.3) is 0 Å². The molecular weight excluding hydrogens is 288 g/mol. The summed E-state index contributed by atoms with van der Waals surface area (Å²) in [5, 5.41) is 14.0. The third-order valence-electron chi connectivity index (χ3n) is 2.43. The molecule has 0 aliphatic carbocycles. The largest absolute Gasteiger partial charge is 0.480 e. The number of hydrogen-bond acceptors (Lipinski definition) is 4. The van der Waals surface area contributed by atoms with E-state index in [2.05, 4.69) is 10.6 Å². The zero-order chi connectivity index (χ0) is 14.8. The monoisotopic (exact) mass is 310 g/mol. The van der Waals surface area contributed by atoms with E-state index in [-0.39, 0.29) is 6.04 Å². The first-order chi connectivity index (χ1) is 8.86. The van der Waals surface area contributed by atoms with E-state index in [1.807, 2.05) is 6.26 Å². The molecule has 0 fully saturated rings. The fourth-order valence-corrected chi connectivity index (χ4v) is 2.49. The maximum atomic E-state index is 11.6. The quantitative estimate of drug-likeness (QED) is 0.581. The minimum Gasteiger partial charge on any atom is -0.480 e. The summed E-state index contributed by atoms with van der Waals surface area (Å²) in [6.45, 7) is 1.80. The Bertz CT molecular complexity index is 326. The Kier molecular flexibility index (Phi) is 9.68. The van der Waals surface area contributed by atoms with Crippen LogP contribution in [0.5, 0.6) is 0 Å². The van der Waals surface area contributed by atoms with Crippen LogP contribution in [-0.2, 0) is 15.6 Å². The van der Waals surface area contributed by atoms with Crippen molar-refractivity contribution < 1.29 is 18.9 Å². The van der Waals surface area contributed by atoms with Crippen LogP contribution in [0.4, 0.5) is 4.79 Å². The van der Waals surface area contributed by atoms with Crippen LogP contribution in [0.2, 0.25) is 0 Å². The van der Waals surface area contributed by atoms with Gasteiger partial charge in [0.1, 0.15) is 6.04 Å². The van der Waals surface area contributed by atoms with E-state index in [4.69, 9.17) is 5.11 Å². The first-order valence-electron chi connectivity index (χ1n) is 5.95. The number of hydrogen-bond donors (Lipinski definition) is 3. The number of amides is 2. The van der Waals surface area contributed by atoms with Gasteiger partial charge in [-0.3, -0.25) is 4.21 Å². The number of nitrogens with one attached hydrogen (secondary N) is 2. The molecule has 112 valence electrons. The molecule has 0 aromatic heterocycles. The number of aliphatic carboxylic acids is 1. The van der Waals surface area contributed by atoms with Crippen LogP contribution in [0.3, 0.4) is 0 Å². The van der Waals surface area contributed by atoms with Crippen molar-refractivity contribution >= 4 is 34.6 Å². The standard InChI is InChI=1S/C11H22N2O4S2/c1-8(5-7-19(3)17)12-11(16)13-9(10(14)15)4-6-18-2/h8-9H,4-7H2,1-3H3,(H,14,15)(H2,12,13,16)/t8?,9-,19?/m0/s1. The van der Waals surface area contributed by atoms with E-state index in [1.54, 1.807) is 13.2 Å². The van der Waals surface area contributed by atoms with Gasteiger partial charge < -0.3 is 15.7 Å². The summed E-state index contributed by atoms with van der Waals surface area (Å²) in [6.07, 6.45) is 4.47. The lowest BCUT2D eigenvalue weighted by molar-refractivity contribution is -0.139. The topological polar surface area (TPSA) is 95.5 Å². The summed E-state index contributed by atoms with van der Waals surface area (Å²) in [4.78, 5) is 22.6. The van der Waals surface area contributed by atoms with Gasteiger partial charge in [-0.2, -0.15) is 11.8 Å². The Morgan fingerprint density at radius 2 is 1.95 bits per heavy atom. The van der Waals surface area contributed by atoms with E-state index in [0.29, 0.717) is 24.3 Å². The number of carbonyl (C=O) groups excluding carboxylic acids is 1. The van der Waals surface area contributed by atoms with Gasteiger partial charge >= 0.3 is 12.0 Å². The number of thioether (sulfide) groups is 1. The zero-order valence-electron chi connectivity index (χ0n) is 11.5. The van der Waals surface area contributed by atoms with E-state index in [0.717, 1.165) is 0 Å². The Balaban J connectivity index is 4.10. The highest BCUT2D eigenvalue weighted by atomic mass is 32.2. The van der Waals surface area contributed by atoms with Crippen molar-refractivity contribution in [1.29, 1.82) is 0 Å². The van der Waals surface area contributed by atoms with E-state index < -0.39 is 28.8 Å². The third-order valence-corrected chi connectivity index (χ3v) is 3.88. The molecule has 0 bridgehead atoms. The molecule has 0 saturated heterocycles. The molecular formula is C11H22N2O4S2. The Hall–Kier alpha value is -0.760. The summed E-state index contributed by atoms with van der Waals surface area (Å²) in [6, 6.07) is -1.51. The van der Waals surface area contributed by atoms with Crippen LogP contribution in [0, 0.1) is 0 Å². The van der Waals surface area contributed by atoms with Gasteiger partial charge in [0, 0.05) is 28.9 Å². The number of rotatable bonds is 9. The molecule has 3 N–H and O–H groups in total. The van der Waals surface area contributed by atoms with Gasteiger partial charge in [0.05, 0.1) is 0 Å². The molecule has 0 heterocycles. The molecule has 0 radical (unpaired) electrons. The van der Waals surface area contributed by atoms with Crippen molar-refractivity contribution in [2.24, 2.45) is 0 Å². The highest BCUT2D eigenvalue weighted by Gasteiger charge is 2.19. The SMILES string of the molecule is CSCC[C@H](NC(=O)NC(C)CCS(C)=O)C(=O)O. The van der Waals surface area contributed by atoms with Gasteiger partial charge in [0.25, 0.3) is 0 Å². The molecule has 19 heavy (non-hydrogen) atoms. The number of carboxylic acid groups (broad SMARTS) is 1. The number of carbonyl (C=O) groups is 2. The van der Waals surface area contributed by atoms with Crippen LogP contribution in [0.1, 0.15) is 19.8 Å². The second-order valence-corrected chi connectivity index (χ2v) is 6.80. The maximum Gasteiger partial charge on any atom is 0.326 e. The molecule has 0 saturated carbocycles. The molecule has 0 aromatic carbocycles. The van der Waals surface area contributed by atoms with Gasteiger partial charge in [-0.25, -0.2) is 9.59 Å². The van der Waals surface area contributed by atoms with Gasteiger partial charge in [-0.05, 0) is 31.8 Å². The number of urea groups is 1. The van der Waals surface area contributed by atoms with Crippen molar-refractivity contribution in [3.05, 3.63) is 0 Å². The lowest BCUT2D eigenvalue weighted by Gasteiger charge is -2.18. The van der Waals surface area contributed by atoms with Crippen LogP contribution in [0.15, 0.2) is 0 Å². The second kappa shape index (κ2) is 10.1. The van der Waals surface area contributed by atoms with Crippen molar-refractivity contribution in [1.82, 2.24) is 10.6 Å². The van der Waals surface area contributed by atoms with E-state index in [9.17, 15) is 13.8 Å². The zero-order valence-corrected chi connectivity index (χ0v) is 13.1. The molecule has 8 heteroatoms. The second-order valence-electron chi connectivity index (χ2n) is 4.26. The minimum atomic E-state index is -1.04. The predicted molar refractivity (Wildman–Crippen MR) is 79.1 cm³/mol.